The first-order valence-corrected chi connectivity index (χ1v) is 6.96. The highest BCUT2D eigenvalue weighted by atomic mass is 32.1. The average molecular weight is 292 g/mol. The highest BCUT2D eigenvalue weighted by Crippen LogP contribution is 2.24. The van der Waals surface area contributed by atoms with E-state index in [1.807, 2.05) is 31.2 Å². The molecule has 2 aromatic rings. The molecule has 0 saturated carbocycles. The molecule has 1 heterocycles. The van der Waals surface area contributed by atoms with E-state index in [1.54, 1.807) is 11.9 Å². The van der Waals surface area contributed by atoms with Gasteiger partial charge in [0.1, 0.15) is 0 Å². The number of aliphatic carboxylic acids is 1. The summed E-state index contributed by atoms with van der Waals surface area (Å²) in [5.74, 6) is -0.882. The van der Waals surface area contributed by atoms with Crippen LogP contribution in [0.15, 0.2) is 29.1 Å². The summed E-state index contributed by atoms with van der Waals surface area (Å²) in [5, 5.41) is 8.78. The maximum Gasteiger partial charge on any atom is 0.317 e. The van der Waals surface area contributed by atoms with Gasteiger partial charge in [-0.15, -0.1) is 0 Å². The number of hydrogen-bond donors (Lipinski definition) is 2. The van der Waals surface area contributed by atoms with Crippen LogP contribution in [0.3, 0.4) is 0 Å². The lowest BCUT2D eigenvalue weighted by Gasteiger charge is -2.13. The molecule has 0 bridgehead atoms. The first-order chi connectivity index (χ1) is 9.45. The first kappa shape index (κ1) is 14.5. The predicted molar refractivity (Wildman–Crippen MR) is 79.1 cm³/mol. The average Bonchev–Trinajstić information content (AvgIpc) is 2.70. The van der Waals surface area contributed by atoms with Crippen molar-refractivity contribution in [3.05, 3.63) is 44.4 Å². The summed E-state index contributed by atoms with van der Waals surface area (Å²) in [4.78, 5) is 27.5. The Balaban J connectivity index is 2.28. The molecule has 0 atom stereocenters. The predicted octanol–water partition coefficient (Wildman–Crippen LogP) is 1.93. The number of carboxylic acids is 1. The summed E-state index contributed by atoms with van der Waals surface area (Å²) in [5.41, 5.74) is 2.86. The number of aromatic nitrogens is 1. The molecule has 0 saturated heterocycles. The first-order valence-electron chi connectivity index (χ1n) is 6.15. The van der Waals surface area contributed by atoms with E-state index in [2.05, 4.69) is 4.98 Å². The lowest BCUT2D eigenvalue weighted by Crippen LogP contribution is -2.24. The third kappa shape index (κ3) is 3.55. The Morgan fingerprint density at radius 3 is 2.60 bits per heavy atom. The minimum atomic E-state index is -0.882. The minimum Gasteiger partial charge on any atom is -0.480 e. The highest BCUT2D eigenvalue weighted by molar-refractivity contribution is 7.09. The standard InChI is InChI=1S/C14H16N2O3S/c1-9-3-5-10(6-4-9)13-11(20-14(19)15-13)7-16(2)8-12(17)18/h3-6H,7-8H2,1-2H3,(H,15,19)(H,17,18). The van der Waals surface area contributed by atoms with Crippen molar-refractivity contribution in [3.63, 3.8) is 0 Å². The van der Waals surface area contributed by atoms with Crippen LogP contribution in [0.25, 0.3) is 11.3 Å². The van der Waals surface area contributed by atoms with Crippen molar-refractivity contribution >= 4 is 17.3 Å². The number of aryl methyl sites for hydroxylation is 1. The van der Waals surface area contributed by atoms with Gasteiger partial charge in [-0.1, -0.05) is 41.2 Å². The Kier molecular flexibility index (Phi) is 4.36. The number of benzene rings is 1. The molecule has 0 amide bonds. The molecule has 0 aliphatic heterocycles. The van der Waals surface area contributed by atoms with Gasteiger partial charge in [0.15, 0.2) is 0 Å². The molecule has 2 rings (SSSR count). The van der Waals surface area contributed by atoms with E-state index >= 15 is 0 Å². The van der Waals surface area contributed by atoms with E-state index in [9.17, 15) is 9.59 Å². The third-order valence-corrected chi connectivity index (χ3v) is 3.75. The molecular formula is C14H16N2O3S. The van der Waals surface area contributed by atoms with Crippen LogP contribution in [-0.4, -0.2) is 34.6 Å². The van der Waals surface area contributed by atoms with E-state index in [0.717, 1.165) is 33.0 Å². The summed E-state index contributed by atoms with van der Waals surface area (Å²) in [6.45, 7) is 2.38. The van der Waals surface area contributed by atoms with E-state index < -0.39 is 5.97 Å². The van der Waals surface area contributed by atoms with Crippen LogP contribution in [0.4, 0.5) is 0 Å². The van der Waals surface area contributed by atoms with Gasteiger partial charge in [0.05, 0.1) is 12.2 Å². The van der Waals surface area contributed by atoms with Crippen LogP contribution in [0.2, 0.25) is 0 Å². The van der Waals surface area contributed by atoms with Gasteiger partial charge >= 0.3 is 10.8 Å². The number of carboxylic acid groups (broad SMARTS) is 1. The summed E-state index contributed by atoms with van der Waals surface area (Å²) in [7, 11) is 1.72. The number of nitrogens with one attached hydrogen (secondary N) is 1. The Morgan fingerprint density at radius 1 is 1.35 bits per heavy atom. The molecule has 0 aliphatic carbocycles. The van der Waals surface area contributed by atoms with Crippen LogP contribution in [-0.2, 0) is 11.3 Å². The molecule has 0 spiro atoms. The minimum absolute atomic E-state index is 0.0561. The van der Waals surface area contributed by atoms with Crippen molar-refractivity contribution < 1.29 is 9.90 Å². The Hall–Kier alpha value is -1.92. The van der Waals surface area contributed by atoms with Gasteiger partial charge in [-0.05, 0) is 19.5 Å². The van der Waals surface area contributed by atoms with Crippen LogP contribution < -0.4 is 4.87 Å². The van der Waals surface area contributed by atoms with Crippen molar-refractivity contribution in [2.24, 2.45) is 0 Å². The summed E-state index contributed by atoms with van der Waals surface area (Å²) in [6, 6.07) is 7.87. The quantitative estimate of drug-likeness (QED) is 0.883. The van der Waals surface area contributed by atoms with Crippen LogP contribution in [0.1, 0.15) is 10.4 Å². The summed E-state index contributed by atoms with van der Waals surface area (Å²) in [6.07, 6.45) is 0. The normalized spacial score (nSPS) is 10.9. The van der Waals surface area contributed by atoms with Gasteiger partial charge in [0.2, 0.25) is 0 Å². The molecular weight excluding hydrogens is 276 g/mol. The fourth-order valence-electron chi connectivity index (χ4n) is 1.96. The second-order valence-electron chi connectivity index (χ2n) is 4.74. The number of aromatic amines is 1. The van der Waals surface area contributed by atoms with Crippen molar-refractivity contribution in [1.82, 2.24) is 9.88 Å². The lowest BCUT2D eigenvalue weighted by molar-refractivity contribution is -0.138. The van der Waals surface area contributed by atoms with Gasteiger partial charge in [0.25, 0.3) is 0 Å². The summed E-state index contributed by atoms with van der Waals surface area (Å²) >= 11 is 1.12. The molecule has 1 aromatic carbocycles. The van der Waals surface area contributed by atoms with E-state index in [-0.39, 0.29) is 11.4 Å². The number of nitrogens with zero attached hydrogens (tertiary/aromatic N) is 1. The van der Waals surface area contributed by atoms with Crippen LogP contribution >= 0.6 is 11.3 Å². The van der Waals surface area contributed by atoms with Gasteiger partial charge < -0.3 is 10.1 Å². The fraction of sp³-hybridized carbons (Fsp3) is 0.286. The van der Waals surface area contributed by atoms with Gasteiger partial charge in [-0.25, -0.2) is 0 Å². The molecule has 0 unspecified atom stereocenters. The van der Waals surface area contributed by atoms with Crippen LogP contribution in [0, 0.1) is 6.92 Å². The number of carbonyl (C=O) groups is 1. The highest BCUT2D eigenvalue weighted by Gasteiger charge is 2.13. The summed E-state index contributed by atoms with van der Waals surface area (Å²) < 4.78 is 0. The molecule has 0 fully saturated rings. The topological polar surface area (TPSA) is 73.4 Å². The van der Waals surface area contributed by atoms with Crippen molar-refractivity contribution in [1.29, 1.82) is 0 Å². The Labute approximate surface area is 120 Å². The van der Waals surface area contributed by atoms with Gasteiger partial charge in [-0.2, -0.15) is 0 Å². The molecule has 6 heteroatoms. The molecule has 5 nitrogen and oxygen atoms in total. The zero-order chi connectivity index (χ0) is 14.7. The zero-order valence-electron chi connectivity index (χ0n) is 11.3. The van der Waals surface area contributed by atoms with E-state index in [4.69, 9.17) is 5.11 Å². The zero-order valence-corrected chi connectivity index (χ0v) is 12.2. The van der Waals surface area contributed by atoms with Crippen molar-refractivity contribution in [2.45, 2.75) is 13.5 Å². The van der Waals surface area contributed by atoms with E-state index in [0.29, 0.717) is 6.54 Å². The maximum absolute atomic E-state index is 11.6. The number of hydrogen-bond acceptors (Lipinski definition) is 4. The number of rotatable bonds is 5. The number of likely N-dealkylation sites (N-methyl/N-ethyl adjacent to an activating group) is 1. The van der Waals surface area contributed by atoms with E-state index in [1.165, 1.54) is 0 Å². The second-order valence-corrected chi connectivity index (χ2v) is 5.81. The van der Waals surface area contributed by atoms with Gasteiger partial charge in [0, 0.05) is 11.4 Å². The molecule has 2 N–H and O–H groups in total. The van der Waals surface area contributed by atoms with Crippen LogP contribution in [0.5, 0.6) is 0 Å². The molecule has 1 aromatic heterocycles. The van der Waals surface area contributed by atoms with Crippen molar-refractivity contribution in [3.8, 4) is 11.3 Å². The van der Waals surface area contributed by atoms with Gasteiger partial charge in [-0.3, -0.25) is 14.5 Å². The fourth-order valence-corrected chi connectivity index (χ4v) is 2.89. The molecule has 106 valence electrons. The third-order valence-electron chi connectivity index (χ3n) is 2.88. The largest absolute Gasteiger partial charge is 0.480 e. The molecule has 20 heavy (non-hydrogen) atoms. The smallest absolute Gasteiger partial charge is 0.317 e. The SMILES string of the molecule is Cc1ccc(-c2[nH]c(=O)sc2CN(C)CC(=O)O)cc1. The molecule has 0 aliphatic rings. The number of thiazole rings is 1. The Bertz CT molecular complexity index is 658. The van der Waals surface area contributed by atoms with Crippen molar-refractivity contribution in [2.75, 3.05) is 13.6 Å². The monoisotopic (exact) mass is 292 g/mol. The second kappa shape index (κ2) is 6.02. The Morgan fingerprint density at radius 2 is 2.00 bits per heavy atom. The number of H-pyrrole nitrogens is 1. The lowest BCUT2D eigenvalue weighted by atomic mass is 10.1. The molecule has 0 radical (unpaired) electrons. The maximum atomic E-state index is 11.6.